The molecule has 0 radical (unpaired) electrons. The average molecular weight is 641 g/mol. The second kappa shape index (κ2) is 10.1. The van der Waals surface area contributed by atoms with Crippen LogP contribution in [0.5, 0.6) is 0 Å². The predicted octanol–water partition coefficient (Wildman–Crippen LogP) is 5.52. The minimum absolute atomic E-state index is 0.0137. The molecule has 0 aromatic carbocycles. The summed E-state index contributed by atoms with van der Waals surface area (Å²) < 4.78 is 0. The third kappa shape index (κ3) is 5.04. The van der Waals surface area contributed by atoms with Gasteiger partial charge in [-0.2, -0.15) is 0 Å². The lowest BCUT2D eigenvalue weighted by molar-refractivity contribution is -0.192. The van der Waals surface area contributed by atoms with E-state index in [2.05, 4.69) is 29.8 Å². The van der Waals surface area contributed by atoms with Crippen LogP contribution < -0.4 is 16.0 Å². The van der Waals surface area contributed by atoms with Crippen LogP contribution in [0.3, 0.4) is 0 Å². The van der Waals surface area contributed by atoms with Crippen molar-refractivity contribution in [1.29, 1.82) is 0 Å². The van der Waals surface area contributed by atoms with Crippen LogP contribution in [0.25, 0.3) is 0 Å². The molecule has 2 aliphatic heterocycles. The highest BCUT2D eigenvalue weighted by molar-refractivity contribution is 6.24. The Morgan fingerprint density at radius 1 is 0.822 bits per heavy atom. The monoisotopic (exact) mass is 640 g/mol. The van der Waals surface area contributed by atoms with E-state index in [1.807, 2.05) is 4.90 Å². The molecule has 0 aromatic heterocycles. The Labute approximate surface area is 273 Å². The van der Waals surface area contributed by atoms with Crippen molar-refractivity contribution in [2.75, 3.05) is 6.54 Å². The fraction of sp³-hybridized carbons (Fsp3) is 0.889. The number of rotatable bonds is 5. The Morgan fingerprint density at radius 3 is 2.18 bits per heavy atom. The van der Waals surface area contributed by atoms with Gasteiger partial charge in [0.1, 0.15) is 11.8 Å². The van der Waals surface area contributed by atoms with E-state index in [4.69, 9.17) is 11.6 Å². The number of hydrogen-bond donors (Lipinski definition) is 3. The van der Waals surface area contributed by atoms with E-state index in [-0.39, 0.29) is 45.8 Å². The first-order chi connectivity index (χ1) is 21.2. The van der Waals surface area contributed by atoms with E-state index in [1.54, 1.807) is 0 Å². The molecule has 8 nitrogen and oxygen atoms in total. The largest absolute Gasteiger partial charge is 0.356 e. The minimum Gasteiger partial charge on any atom is -0.356 e. The number of nitrogens with one attached hydrogen (secondary N) is 3. The smallest absolute Gasteiger partial charge is 0.232 e. The van der Waals surface area contributed by atoms with Gasteiger partial charge in [-0.25, -0.2) is 0 Å². The maximum absolute atomic E-state index is 15.7. The van der Waals surface area contributed by atoms with Crippen molar-refractivity contribution in [3.63, 3.8) is 0 Å². The van der Waals surface area contributed by atoms with Crippen LogP contribution in [0.1, 0.15) is 136 Å². The van der Waals surface area contributed by atoms with Gasteiger partial charge in [-0.3, -0.25) is 24.1 Å². The van der Waals surface area contributed by atoms with Crippen molar-refractivity contribution >= 4 is 35.2 Å². The summed E-state index contributed by atoms with van der Waals surface area (Å²) in [6, 6.07) is 0. The molecule has 0 aromatic rings. The molecule has 10 rings (SSSR count). The van der Waals surface area contributed by atoms with Gasteiger partial charge in [-0.05, 0) is 138 Å². The Hall–Kier alpha value is -1.83. The van der Waals surface area contributed by atoms with Crippen LogP contribution in [0, 0.1) is 39.4 Å². The molecule has 4 amide bonds. The van der Waals surface area contributed by atoms with Crippen molar-refractivity contribution in [3.8, 4) is 0 Å². The summed E-state index contributed by atoms with van der Waals surface area (Å²) >= 11 is 7.21. The summed E-state index contributed by atoms with van der Waals surface area (Å²) in [6.07, 6.45) is 14.8. The van der Waals surface area contributed by atoms with E-state index in [0.717, 1.165) is 70.6 Å². The number of nitrogens with zero attached hydrogens (tertiary/aromatic N) is 1. The van der Waals surface area contributed by atoms with Gasteiger partial charge in [0, 0.05) is 17.8 Å². The molecule has 45 heavy (non-hydrogen) atoms. The van der Waals surface area contributed by atoms with E-state index < -0.39 is 22.7 Å². The quantitative estimate of drug-likeness (QED) is 0.272. The van der Waals surface area contributed by atoms with Gasteiger partial charge in [0.15, 0.2) is 0 Å². The SMILES string of the molecule is CC12CC3CC(C)(C1)CC(C(=O)N([C@H]1CCCCC(=O)N1)[C@@]1(NC(=O)C45CC6CC(CC(Cl)(C6)C4)C5)CCCNC(=O)C1)(C3)C2. The maximum atomic E-state index is 15.7. The van der Waals surface area contributed by atoms with Gasteiger partial charge in [-0.1, -0.05) is 13.8 Å². The third-order valence-corrected chi connectivity index (χ3v) is 14.3. The Bertz CT molecular complexity index is 1290. The lowest BCUT2D eigenvalue weighted by Crippen LogP contribution is -2.73. The maximum Gasteiger partial charge on any atom is 0.232 e. The van der Waals surface area contributed by atoms with Gasteiger partial charge in [0.2, 0.25) is 23.6 Å². The topological polar surface area (TPSA) is 108 Å². The van der Waals surface area contributed by atoms with E-state index in [1.165, 1.54) is 12.8 Å². The summed E-state index contributed by atoms with van der Waals surface area (Å²) in [4.78, 5) is 58.9. The first kappa shape index (κ1) is 30.5. The normalized spacial score (nSPS) is 49.9. The molecule has 248 valence electrons. The molecule has 8 saturated carbocycles. The zero-order valence-corrected chi connectivity index (χ0v) is 28.2. The molecule has 9 heteroatoms. The lowest BCUT2D eigenvalue weighted by Gasteiger charge is -2.66. The van der Waals surface area contributed by atoms with Crippen LogP contribution in [-0.4, -0.2) is 51.8 Å². The number of alkyl halides is 1. The van der Waals surface area contributed by atoms with Crippen molar-refractivity contribution in [3.05, 3.63) is 0 Å². The number of hydrogen-bond acceptors (Lipinski definition) is 4. The van der Waals surface area contributed by atoms with Crippen LogP contribution >= 0.6 is 11.6 Å². The number of amides is 4. The van der Waals surface area contributed by atoms with E-state index >= 15 is 4.79 Å². The van der Waals surface area contributed by atoms with Gasteiger partial charge in [-0.15, -0.1) is 11.6 Å². The van der Waals surface area contributed by atoms with Crippen LogP contribution in [-0.2, 0) is 19.2 Å². The van der Waals surface area contributed by atoms with Gasteiger partial charge in [0.25, 0.3) is 0 Å². The van der Waals surface area contributed by atoms with Gasteiger partial charge < -0.3 is 16.0 Å². The highest BCUT2D eigenvalue weighted by Crippen LogP contribution is 2.70. The molecule has 0 spiro atoms. The number of carbonyl (C=O) groups excluding carboxylic acids is 4. The molecular formula is C36H53ClN4O4. The molecule has 8 bridgehead atoms. The highest BCUT2D eigenvalue weighted by Gasteiger charge is 2.66. The van der Waals surface area contributed by atoms with Crippen molar-refractivity contribution in [2.24, 2.45) is 39.4 Å². The standard InChI is InChI=1S/C36H53ClN4O4/c1-31-11-25-12-32(2,19-31)21-34(15-25,20-31)30(45)41(26-6-3-4-7-27(42)39-26)36(8-5-9-38-28(43)18-36)40-29(44)33-13-23-10-24(14-33)17-35(37,16-23)22-33/h23-26H,3-22H2,1-2H3,(H,38,43)(H,39,42)(H,40,44)/t23?,24?,25?,26-,31?,32?,33?,34?,35?,36-/m0/s1. The Kier molecular flexibility index (Phi) is 6.84. The minimum atomic E-state index is -1.20. The van der Waals surface area contributed by atoms with Gasteiger partial charge in [0.05, 0.1) is 17.3 Å². The zero-order valence-electron chi connectivity index (χ0n) is 27.4. The van der Waals surface area contributed by atoms with Gasteiger partial charge >= 0.3 is 0 Å². The fourth-order valence-electron chi connectivity index (χ4n) is 13.9. The summed E-state index contributed by atoms with van der Waals surface area (Å²) in [5.74, 6) is 1.26. The molecule has 3 N–H and O–H groups in total. The average Bonchev–Trinajstić information content (AvgIpc) is 3.22. The first-order valence-electron chi connectivity index (χ1n) is 18.2. The first-order valence-corrected chi connectivity index (χ1v) is 18.5. The molecular weight excluding hydrogens is 588 g/mol. The number of carbonyl (C=O) groups is 4. The summed E-state index contributed by atoms with van der Waals surface area (Å²) in [5.41, 5.74) is -2.07. The van der Waals surface area contributed by atoms with Crippen molar-refractivity contribution < 1.29 is 19.2 Å². The van der Waals surface area contributed by atoms with Crippen LogP contribution in [0.15, 0.2) is 0 Å². The second-order valence-corrected chi connectivity index (χ2v) is 19.2. The zero-order chi connectivity index (χ0) is 31.5. The van der Waals surface area contributed by atoms with Crippen molar-refractivity contribution in [1.82, 2.24) is 20.9 Å². The Balaban J connectivity index is 1.22. The Morgan fingerprint density at radius 2 is 1.51 bits per heavy atom. The number of halogens is 1. The molecule has 2 saturated heterocycles. The highest BCUT2D eigenvalue weighted by atomic mass is 35.5. The second-order valence-electron chi connectivity index (χ2n) is 18.4. The van der Waals surface area contributed by atoms with E-state index in [9.17, 15) is 14.4 Å². The molecule has 6 atom stereocenters. The fourth-order valence-corrected chi connectivity index (χ4v) is 14.6. The van der Waals surface area contributed by atoms with Crippen LogP contribution in [0.4, 0.5) is 0 Å². The molecule has 10 fully saturated rings. The molecule has 2 heterocycles. The molecule has 4 unspecified atom stereocenters. The van der Waals surface area contributed by atoms with E-state index in [0.29, 0.717) is 56.4 Å². The third-order valence-electron chi connectivity index (χ3n) is 13.9. The van der Waals surface area contributed by atoms with Crippen LogP contribution in [0.2, 0.25) is 0 Å². The summed E-state index contributed by atoms with van der Waals surface area (Å²) in [6.45, 7) is 5.27. The summed E-state index contributed by atoms with van der Waals surface area (Å²) in [5, 5.41) is 9.82. The molecule has 8 aliphatic carbocycles. The summed E-state index contributed by atoms with van der Waals surface area (Å²) in [7, 11) is 0. The predicted molar refractivity (Wildman–Crippen MR) is 171 cm³/mol. The lowest BCUT2D eigenvalue weighted by atomic mass is 9.40. The molecule has 10 aliphatic rings. The van der Waals surface area contributed by atoms with Crippen molar-refractivity contribution in [2.45, 2.75) is 153 Å².